The first kappa shape index (κ1) is 32.9. The molecule has 5 rings (SSSR count). The smallest absolute Gasteiger partial charge is 0.303 e. The van der Waals surface area contributed by atoms with Gasteiger partial charge in [-0.15, -0.1) is 0 Å². The van der Waals surface area contributed by atoms with Gasteiger partial charge in [0.1, 0.15) is 18.5 Å². The van der Waals surface area contributed by atoms with Crippen molar-refractivity contribution in [3.8, 4) is 0 Å². The zero-order chi connectivity index (χ0) is 32.0. The molecule has 1 saturated heterocycles. The number of carbonyl (C=O) groups is 5. The Kier molecular flexibility index (Phi) is 9.48. The van der Waals surface area contributed by atoms with Crippen LogP contribution in [0.4, 0.5) is 0 Å². The fourth-order valence-corrected chi connectivity index (χ4v) is 9.60. The lowest BCUT2D eigenvalue weighted by Gasteiger charge is -2.60. The third kappa shape index (κ3) is 6.28. The number of Topliss-reactive ketones (excluding diaryl/α,β-unsaturated/α-hetero) is 1. The van der Waals surface area contributed by atoms with Gasteiger partial charge in [0.15, 0.2) is 24.6 Å². The highest BCUT2D eigenvalue weighted by Crippen LogP contribution is 2.65. The summed E-state index contributed by atoms with van der Waals surface area (Å²) in [5.74, 6) is -0.0244. The maximum Gasteiger partial charge on any atom is 0.303 e. The van der Waals surface area contributed by atoms with Crippen LogP contribution in [0.5, 0.6) is 0 Å². The van der Waals surface area contributed by atoms with Gasteiger partial charge in [0, 0.05) is 39.5 Å². The standard InChI is InChI=1S/C33H48O11/c1-17(34)39-16-26-28(40-18(2)35)29(41-19(3)36)30(42-20(4)37)31(44-26)43-22-11-13-32(5)21(15-22)7-8-23-24-9-10-27(38)33(24,6)14-12-25(23)32/h21-26,28-31H,7-16H2,1-6H3/t21-,22+,23-,24+,25+,26+,28+,29-,30+,31+,32-,33-/m0/s1. The Morgan fingerprint density at radius 2 is 1.43 bits per heavy atom. The molecule has 1 aliphatic heterocycles. The highest BCUT2D eigenvalue weighted by molar-refractivity contribution is 5.87. The molecule has 4 saturated carbocycles. The monoisotopic (exact) mass is 620 g/mol. The van der Waals surface area contributed by atoms with E-state index in [4.69, 9.17) is 28.4 Å². The summed E-state index contributed by atoms with van der Waals surface area (Å²) >= 11 is 0. The van der Waals surface area contributed by atoms with E-state index in [2.05, 4.69) is 13.8 Å². The molecule has 44 heavy (non-hydrogen) atoms. The lowest BCUT2D eigenvalue weighted by Crippen LogP contribution is -2.63. The molecular weight excluding hydrogens is 572 g/mol. The minimum Gasteiger partial charge on any atom is -0.463 e. The molecule has 0 N–H and O–H groups in total. The molecule has 12 atom stereocenters. The summed E-state index contributed by atoms with van der Waals surface area (Å²) in [7, 11) is 0. The average molecular weight is 621 g/mol. The van der Waals surface area contributed by atoms with Crippen LogP contribution < -0.4 is 0 Å². The zero-order valence-corrected chi connectivity index (χ0v) is 26.8. The zero-order valence-electron chi connectivity index (χ0n) is 26.8. The minimum atomic E-state index is -1.24. The van der Waals surface area contributed by atoms with Crippen LogP contribution in [-0.2, 0) is 52.4 Å². The number of hydrogen-bond donors (Lipinski definition) is 0. The minimum absolute atomic E-state index is 0.150. The van der Waals surface area contributed by atoms with Crippen molar-refractivity contribution in [3.05, 3.63) is 0 Å². The van der Waals surface area contributed by atoms with Crippen LogP contribution in [0.15, 0.2) is 0 Å². The number of ether oxygens (including phenoxy) is 6. The quantitative estimate of drug-likeness (QED) is 0.231. The highest BCUT2D eigenvalue weighted by atomic mass is 16.7. The van der Waals surface area contributed by atoms with Crippen LogP contribution in [0.25, 0.3) is 0 Å². The molecule has 5 aliphatic rings. The van der Waals surface area contributed by atoms with Gasteiger partial charge in [-0.2, -0.15) is 0 Å². The molecule has 5 fully saturated rings. The molecule has 0 amide bonds. The second-order valence-electron chi connectivity index (χ2n) is 14.2. The summed E-state index contributed by atoms with van der Waals surface area (Å²) in [6.07, 6.45) is 2.46. The van der Waals surface area contributed by atoms with Gasteiger partial charge in [0.05, 0.1) is 6.10 Å². The normalized spacial score (nSPS) is 43.1. The number of hydrogen-bond acceptors (Lipinski definition) is 11. The number of carbonyl (C=O) groups excluding carboxylic acids is 5. The molecule has 0 spiro atoms. The SMILES string of the molecule is CC(=O)OC[C@H]1O[C@@H](O[C@@H]2CC[C@@]3(C)[C@@H](CC[C@@H]4[C@H]3CC[C@]3(C)C(=O)CC[C@H]43)C2)[C@H](OC(C)=O)[C@@H](OC(C)=O)[C@@H]1OC(C)=O. The van der Waals surface area contributed by atoms with Gasteiger partial charge in [-0.1, -0.05) is 13.8 Å². The number of fused-ring (bicyclic) bond motifs is 5. The van der Waals surface area contributed by atoms with Crippen LogP contribution >= 0.6 is 0 Å². The Bertz CT molecular complexity index is 1150. The van der Waals surface area contributed by atoms with Crippen molar-refractivity contribution >= 4 is 29.7 Å². The van der Waals surface area contributed by atoms with E-state index in [0.717, 1.165) is 57.8 Å². The van der Waals surface area contributed by atoms with Crippen LogP contribution in [0, 0.1) is 34.5 Å². The van der Waals surface area contributed by atoms with Crippen molar-refractivity contribution in [2.75, 3.05) is 6.61 Å². The maximum absolute atomic E-state index is 12.8. The number of rotatable bonds is 7. The summed E-state index contributed by atoms with van der Waals surface area (Å²) in [5.41, 5.74) is -0.00315. The molecule has 0 aromatic heterocycles. The van der Waals surface area contributed by atoms with Crippen LogP contribution in [-0.4, -0.2) is 73.1 Å². The molecular formula is C33H48O11. The summed E-state index contributed by atoms with van der Waals surface area (Å²) in [4.78, 5) is 60.9. The van der Waals surface area contributed by atoms with E-state index in [9.17, 15) is 24.0 Å². The number of ketones is 1. The molecule has 0 radical (unpaired) electrons. The van der Waals surface area contributed by atoms with E-state index < -0.39 is 54.6 Å². The fourth-order valence-electron chi connectivity index (χ4n) is 9.60. The molecule has 11 nitrogen and oxygen atoms in total. The van der Waals surface area contributed by atoms with Crippen LogP contribution in [0.3, 0.4) is 0 Å². The molecule has 11 heteroatoms. The van der Waals surface area contributed by atoms with Crippen LogP contribution in [0.1, 0.15) is 99.3 Å². The summed E-state index contributed by atoms with van der Waals surface area (Å²) in [6, 6.07) is 0. The van der Waals surface area contributed by atoms with Crippen molar-refractivity contribution in [2.45, 2.75) is 136 Å². The third-order valence-electron chi connectivity index (χ3n) is 11.6. The van der Waals surface area contributed by atoms with E-state index >= 15 is 0 Å². The van der Waals surface area contributed by atoms with Gasteiger partial charge in [0.2, 0.25) is 0 Å². The lowest BCUT2D eigenvalue weighted by atomic mass is 9.45. The topological polar surface area (TPSA) is 141 Å². The van der Waals surface area contributed by atoms with E-state index in [-0.39, 0.29) is 23.5 Å². The van der Waals surface area contributed by atoms with Gasteiger partial charge in [0.25, 0.3) is 0 Å². The average Bonchev–Trinajstić information content (AvgIpc) is 3.24. The lowest BCUT2D eigenvalue weighted by molar-refractivity contribution is -0.321. The molecule has 0 bridgehead atoms. The first-order valence-corrected chi connectivity index (χ1v) is 16.2. The fraction of sp³-hybridized carbons (Fsp3) is 0.848. The van der Waals surface area contributed by atoms with E-state index in [1.807, 2.05) is 0 Å². The molecule has 0 aromatic carbocycles. The predicted octanol–water partition coefficient (Wildman–Crippen LogP) is 4.07. The highest BCUT2D eigenvalue weighted by Gasteiger charge is 2.61. The summed E-state index contributed by atoms with van der Waals surface area (Å²) < 4.78 is 34.6. The summed E-state index contributed by atoms with van der Waals surface area (Å²) in [5, 5.41) is 0. The van der Waals surface area contributed by atoms with Crippen molar-refractivity contribution in [1.29, 1.82) is 0 Å². The first-order chi connectivity index (χ1) is 20.7. The van der Waals surface area contributed by atoms with Crippen molar-refractivity contribution in [2.24, 2.45) is 34.5 Å². The Labute approximate surface area is 259 Å². The third-order valence-corrected chi connectivity index (χ3v) is 11.6. The van der Waals surface area contributed by atoms with Crippen molar-refractivity contribution in [1.82, 2.24) is 0 Å². The van der Waals surface area contributed by atoms with Crippen molar-refractivity contribution in [3.63, 3.8) is 0 Å². The predicted molar refractivity (Wildman–Crippen MR) is 154 cm³/mol. The molecule has 4 aliphatic carbocycles. The van der Waals surface area contributed by atoms with Gasteiger partial charge in [-0.25, -0.2) is 0 Å². The summed E-state index contributed by atoms with van der Waals surface area (Å²) in [6.45, 7) is 9.22. The largest absolute Gasteiger partial charge is 0.463 e. The van der Waals surface area contributed by atoms with Crippen molar-refractivity contribution < 1.29 is 52.4 Å². The molecule has 0 unspecified atom stereocenters. The van der Waals surface area contributed by atoms with Gasteiger partial charge < -0.3 is 28.4 Å². The maximum atomic E-state index is 12.8. The first-order valence-electron chi connectivity index (χ1n) is 16.2. The Balaban J connectivity index is 1.34. The van der Waals surface area contributed by atoms with Gasteiger partial charge in [-0.3, -0.25) is 24.0 Å². The van der Waals surface area contributed by atoms with Gasteiger partial charge in [-0.05, 0) is 80.5 Å². The molecule has 246 valence electrons. The molecule has 1 heterocycles. The van der Waals surface area contributed by atoms with E-state index in [0.29, 0.717) is 29.5 Å². The Morgan fingerprint density at radius 3 is 2.09 bits per heavy atom. The van der Waals surface area contributed by atoms with Crippen LogP contribution in [0.2, 0.25) is 0 Å². The second-order valence-corrected chi connectivity index (χ2v) is 14.2. The number of esters is 4. The molecule has 0 aromatic rings. The second kappa shape index (κ2) is 12.7. The van der Waals surface area contributed by atoms with E-state index in [1.165, 1.54) is 27.7 Å². The van der Waals surface area contributed by atoms with E-state index in [1.54, 1.807) is 0 Å². The Morgan fingerprint density at radius 1 is 0.773 bits per heavy atom. The van der Waals surface area contributed by atoms with Gasteiger partial charge >= 0.3 is 23.9 Å². The Hall–Kier alpha value is -2.53.